The Bertz CT molecular complexity index is 955. The minimum Gasteiger partial charge on any atom is -0.457 e. The normalized spacial score (nSPS) is 10.2. The summed E-state index contributed by atoms with van der Waals surface area (Å²) in [6.07, 6.45) is 0. The minimum atomic E-state index is -0.471. The van der Waals surface area contributed by atoms with Crippen molar-refractivity contribution >= 4 is 17.3 Å². The van der Waals surface area contributed by atoms with Crippen LogP contribution in [0.2, 0.25) is 0 Å². The molecule has 0 aliphatic heterocycles. The van der Waals surface area contributed by atoms with Gasteiger partial charge in [-0.25, -0.2) is 0 Å². The highest BCUT2D eigenvalue weighted by atomic mass is 16.6. The lowest BCUT2D eigenvalue weighted by Crippen LogP contribution is -2.13. The van der Waals surface area contributed by atoms with Gasteiger partial charge in [-0.05, 0) is 42.8 Å². The number of aryl methyl sites for hydroxylation is 1. The quantitative estimate of drug-likeness (QED) is 0.522. The van der Waals surface area contributed by atoms with Crippen LogP contribution in [-0.4, -0.2) is 10.8 Å². The highest BCUT2D eigenvalue weighted by molar-refractivity contribution is 6.06. The predicted molar refractivity (Wildman–Crippen MR) is 98.7 cm³/mol. The second kappa shape index (κ2) is 7.48. The Kier molecular flexibility index (Phi) is 4.94. The molecule has 0 saturated heterocycles. The van der Waals surface area contributed by atoms with Gasteiger partial charge in [-0.15, -0.1) is 0 Å². The van der Waals surface area contributed by atoms with Crippen LogP contribution < -0.4 is 10.1 Å². The molecular weight excluding hydrogens is 332 g/mol. The number of hydrogen-bond donors (Lipinski definition) is 1. The van der Waals surface area contributed by atoms with Crippen molar-refractivity contribution in [2.45, 2.75) is 6.92 Å². The van der Waals surface area contributed by atoms with Crippen molar-refractivity contribution in [1.29, 1.82) is 0 Å². The third-order valence-corrected chi connectivity index (χ3v) is 3.77. The monoisotopic (exact) mass is 348 g/mol. The van der Waals surface area contributed by atoms with Gasteiger partial charge in [0.15, 0.2) is 0 Å². The zero-order chi connectivity index (χ0) is 18.5. The van der Waals surface area contributed by atoms with Crippen LogP contribution in [0.15, 0.2) is 72.8 Å². The fourth-order valence-corrected chi connectivity index (χ4v) is 2.45. The van der Waals surface area contributed by atoms with E-state index in [2.05, 4.69) is 5.32 Å². The summed E-state index contributed by atoms with van der Waals surface area (Å²) in [5.74, 6) is 0.698. The third kappa shape index (κ3) is 3.87. The molecule has 0 saturated carbocycles. The van der Waals surface area contributed by atoms with E-state index in [4.69, 9.17) is 4.74 Å². The number of anilines is 1. The first kappa shape index (κ1) is 17.2. The second-order valence-electron chi connectivity index (χ2n) is 5.62. The Morgan fingerprint density at radius 2 is 1.69 bits per heavy atom. The van der Waals surface area contributed by atoms with E-state index in [1.807, 2.05) is 18.2 Å². The summed E-state index contributed by atoms with van der Waals surface area (Å²) in [6.45, 7) is 1.70. The van der Waals surface area contributed by atoms with E-state index in [0.717, 1.165) is 0 Å². The van der Waals surface area contributed by atoms with Gasteiger partial charge in [0.2, 0.25) is 0 Å². The van der Waals surface area contributed by atoms with Gasteiger partial charge in [-0.3, -0.25) is 14.9 Å². The molecule has 0 aliphatic rings. The first-order chi connectivity index (χ1) is 12.5. The molecule has 0 bridgehead atoms. The molecule has 26 heavy (non-hydrogen) atoms. The first-order valence-electron chi connectivity index (χ1n) is 7.93. The number of non-ortho nitro benzene ring substituents is 1. The van der Waals surface area contributed by atoms with Crippen molar-refractivity contribution < 1.29 is 14.5 Å². The molecule has 6 nitrogen and oxygen atoms in total. The molecule has 3 aromatic carbocycles. The Balaban J connectivity index is 1.84. The van der Waals surface area contributed by atoms with Gasteiger partial charge in [0, 0.05) is 17.8 Å². The Morgan fingerprint density at radius 1 is 1.00 bits per heavy atom. The maximum absolute atomic E-state index is 12.7. The lowest BCUT2D eigenvalue weighted by Gasteiger charge is -2.12. The summed E-state index contributed by atoms with van der Waals surface area (Å²) in [5.41, 5.74) is 1.46. The number of benzene rings is 3. The van der Waals surface area contributed by atoms with Crippen LogP contribution in [0.4, 0.5) is 11.4 Å². The van der Waals surface area contributed by atoms with Crippen molar-refractivity contribution in [2.75, 3.05) is 5.32 Å². The number of ether oxygens (including phenoxy) is 1. The standard InChI is InChI=1S/C20H16N2O4/c1-14-13-15(22(24)25)11-12-18(14)21-20(23)17-9-5-6-10-19(17)26-16-7-3-2-4-8-16/h2-13H,1H3,(H,21,23). The van der Waals surface area contributed by atoms with Crippen molar-refractivity contribution in [2.24, 2.45) is 0 Å². The molecule has 130 valence electrons. The number of amides is 1. The SMILES string of the molecule is Cc1cc([N+](=O)[O-])ccc1NC(=O)c1ccccc1Oc1ccccc1. The molecule has 0 spiro atoms. The number of nitro benzene ring substituents is 1. The molecule has 0 unspecified atom stereocenters. The van der Waals surface area contributed by atoms with Crippen molar-refractivity contribution in [1.82, 2.24) is 0 Å². The molecule has 0 fully saturated rings. The maximum atomic E-state index is 12.7. The van der Waals surface area contributed by atoms with E-state index in [9.17, 15) is 14.9 Å². The van der Waals surface area contributed by atoms with E-state index in [1.165, 1.54) is 18.2 Å². The highest BCUT2D eigenvalue weighted by Crippen LogP contribution is 2.27. The summed E-state index contributed by atoms with van der Waals surface area (Å²) in [4.78, 5) is 23.0. The molecule has 0 aliphatic carbocycles. The number of nitrogens with zero attached hydrogens (tertiary/aromatic N) is 1. The van der Waals surface area contributed by atoms with Gasteiger partial charge in [0.1, 0.15) is 11.5 Å². The van der Waals surface area contributed by atoms with Crippen molar-refractivity contribution in [3.8, 4) is 11.5 Å². The van der Waals surface area contributed by atoms with Crippen LogP contribution in [0, 0.1) is 17.0 Å². The summed E-state index contributed by atoms with van der Waals surface area (Å²) < 4.78 is 5.80. The molecule has 3 aromatic rings. The fraction of sp³-hybridized carbons (Fsp3) is 0.0500. The lowest BCUT2D eigenvalue weighted by molar-refractivity contribution is -0.384. The number of carbonyl (C=O) groups is 1. The summed E-state index contributed by atoms with van der Waals surface area (Å²) in [6, 6.07) is 20.4. The topological polar surface area (TPSA) is 81.5 Å². The average molecular weight is 348 g/mol. The predicted octanol–water partition coefficient (Wildman–Crippen LogP) is 4.95. The number of carbonyl (C=O) groups excluding carboxylic acids is 1. The van der Waals surface area contributed by atoms with E-state index < -0.39 is 4.92 Å². The van der Waals surface area contributed by atoms with Gasteiger partial charge >= 0.3 is 0 Å². The highest BCUT2D eigenvalue weighted by Gasteiger charge is 2.15. The zero-order valence-corrected chi connectivity index (χ0v) is 14.0. The molecule has 1 N–H and O–H groups in total. The molecule has 3 rings (SSSR count). The third-order valence-electron chi connectivity index (χ3n) is 3.77. The maximum Gasteiger partial charge on any atom is 0.269 e. The van der Waals surface area contributed by atoms with Crippen LogP contribution in [0.1, 0.15) is 15.9 Å². The first-order valence-corrected chi connectivity index (χ1v) is 7.93. The van der Waals surface area contributed by atoms with Gasteiger partial charge in [0.05, 0.1) is 10.5 Å². The molecule has 6 heteroatoms. The van der Waals surface area contributed by atoms with Gasteiger partial charge in [0.25, 0.3) is 11.6 Å². The zero-order valence-electron chi connectivity index (χ0n) is 14.0. The van der Waals surface area contributed by atoms with E-state index in [1.54, 1.807) is 43.3 Å². The lowest BCUT2D eigenvalue weighted by atomic mass is 10.1. The van der Waals surface area contributed by atoms with Crippen LogP contribution in [0.25, 0.3) is 0 Å². The van der Waals surface area contributed by atoms with Crippen molar-refractivity contribution in [3.63, 3.8) is 0 Å². The Labute approximate surface area is 150 Å². The van der Waals surface area contributed by atoms with E-state index in [0.29, 0.717) is 28.3 Å². The van der Waals surface area contributed by atoms with E-state index >= 15 is 0 Å². The summed E-state index contributed by atoms with van der Waals surface area (Å²) in [5, 5.41) is 13.6. The molecule has 0 aromatic heterocycles. The minimum absolute atomic E-state index is 0.0201. The average Bonchev–Trinajstić information content (AvgIpc) is 2.64. The summed E-state index contributed by atoms with van der Waals surface area (Å²) in [7, 11) is 0. The fourth-order valence-electron chi connectivity index (χ4n) is 2.45. The summed E-state index contributed by atoms with van der Waals surface area (Å²) >= 11 is 0. The molecule has 0 atom stereocenters. The number of para-hydroxylation sites is 2. The Hall–Kier alpha value is -3.67. The second-order valence-corrected chi connectivity index (χ2v) is 5.62. The van der Waals surface area contributed by atoms with Gasteiger partial charge < -0.3 is 10.1 Å². The van der Waals surface area contributed by atoms with Crippen LogP contribution in [0.3, 0.4) is 0 Å². The number of hydrogen-bond acceptors (Lipinski definition) is 4. The number of nitro groups is 1. The van der Waals surface area contributed by atoms with Crippen LogP contribution in [-0.2, 0) is 0 Å². The molecular formula is C20H16N2O4. The molecule has 0 radical (unpaired) electrons. The van der Waals surface area contributed by atoms with Crippen molar-refractivity contribution in [3.05, 3.63) is 94.0 Å². The van der Waals surface area contributed by atoms with Gasteiger partial charge in [-0.1, -0.05) is 30.3 Å². The molecule has 0 heterocycles. The van der Waals surface area contributed by atoms with Crippen LogP contribution >= 0.6 is 0 Å². The molecule has 1 amide bonds. The van der Waals surface area contributed by atoms with E-state index in [-0.39, 0.29) is 11.6 Å². The van der Waals surface area contributed by atoms with Crippen LogP contribution in [0.5, 0.6) is 11.5 Å². The number of rotatable bonds is 5. The smallest absolute Gasteiger partial charge is 0.269 e. The van der Waals surface area contributed by atoms with Gasteiger partial charge in [-0.2, -0.15) is 0 Å². The number of nitrogens with one attached hydrogen (secondary N) is 1. The Morgan fingerprint density at radius 3 is 2.38 bits per heavy atom. The largest absolute Gasteiger partial charge is 0.457 e.